The molecule has 0 spiro atoms. The molecule has 0 bridgehead atoms. The molecule has 1 heterocycles. The van der Waals surface area contributed by atoms with Crippen molar-refractivity contribution in [1.82, 2.24) is 4.90 Å². The van der Waals surface area contributed by atoms with Crippen LogP contribution in [0.25, 0.3) is 0 Å². The summed E-state index contributed by atoms with van der Waals surface area (Å²) in [6, 6.07) is 6.73. The molecule has 3 N–H and O–H groups in total. The summed E-state index contributed by atoms with van der Waals surface area (Å²) in [4.78, 5) is 14.1. The molecule has 1 saturated carbocycles. The quantitative estimate of drug-likeness (QED) is 0.826. The molecule has 20 heavy (non-hydrogen) atoms. The Hall–Kier alpha value is -1.60. The predicted octanol–water partition coefficient (Wildman–Crippen LogP) is 0.0872. The lowest BCUT2D eigenvalue weighted by Crippen LogP contribution is -2.33. The second kappa shape index (κ2) is 4.46. The fraction of sp³-hybridized carbons (Fsp3) is 0.462. The molecule has 108 valence electrons. The van der Waals surface area contributed by atoms with Crippen LogP contribution < -0.4 is 10.5 Å². The summed E-state index contributed by atoms with van der Waals surface area (Å²) >= 11 is 0. The number of piperidine rings is 1. The first-order chi connectivity index (χ1) is 9.35. The molecule has 1 aromatic carbocycles. The van der Waals surface area contributed by atoms with E-state index in [1.54, 1.807) is 24.3 Å². The maximum absolute atomic E-state index is 12.3. The van der Waals surface area contributed by atoms with Gasteiger partial charge in [-0.25, -0.2) is 8.42 Å². The fourth-order valence-electron chi connectivity index (χ4n) is 2.82. The third kappa shape index (κ3) is 2.51. The first kappa shape index (κ1) is 13.4. The van der Waals surface area contributed by atoms with E-state index < -0.39 is 10.0 Å². The van der Waals surface area contributed by atoms with Gasteiger partial charge in [-0.3, -0.25) is 9.52 Å². The topological polar surface area (TPSA) is 92.5 Å². The van der Waals surface area contributed by atoms with Gasteiger partial charge in [0.25, 0.3) is 5.91 Å². The van der Waals surface area contributed by atoms with E-state index in [4.69, 9.17) is 5.73 Å². The van der Waals surface area contributed by atoms with E-state index in [0.29, 0.717) is 23.1 Å². The summed E-state index contributed by atoms with van der Waals surface area (Å²) in [5.74, 6) is 0.908. The van der Waals surface area contributed by atoms with E-state index >= 15 is 0 Å². The van der Waals surface area contributed by atoms with Gasteiger partial charge in [-0.05, 0) is 36.1 Å². The van der Waals surface area contributed by atoms with Gasteiger partial charge in [-0.1, -0.05) is 0 Å². The zero-order valence-electron chi connectivity index (χ0n) is 11.1. The van der Waals surface area contributed by atoms with Crippen LogP contribution in [0.4, 0.5) is 5.69 Å². The lowest BCUT2D eigenvalue weighted by atomic mass is 10.2. The van der Waals surface area contributed by atoms with Gasteiger partial charge >= 0.3 is 0 Å². The van der Waals surface area contributed by atoms with Crippen molar-refractivity contribution in [3.63, 3.8) is 0 Å². The van der Waals surface area contributed by atoms with Crippen molar-refractivity contribution in [3.8, 4) is 0 Å². The molecule has 1 aliphatic heterocycles. The average molecular weight is 295 g/mol. The smallest absolute Gasteiger partial charge is 0.253 e. The van der Waals surface area contributed by atoms with Crippen molar-refractivity contribution >= 4 is 21.6 Å². The van der Waals surface area contributed by atoms with Crippen LogP contribution in [0.15, 0.2) is 24.3 Å². The minimum atomic E-state index is -3.29. The Morgan fingerprint density at radius 1 is 1.25 bits per heavy atom. The fourth-order valence-corrected chi connectivity index (χ4v) is 3.38. The van der Waals surface area contributed by atoms with Crippen LogP contribution in [0.2, 0.25) is 0 Å². The number of hydrogen-bond donors (Lipinski definition) is 2. The lowest BCUT2D eigenvalue weighted by Gasteiger charge is -2.19. The Kier molecular flexibility index (Phi) is 2.98. The molecule has 1 amide bonds. The average Bonchev–Trinajstić information content (AvgIpc) is 2.81. The number of sulfonamides is 1. The largest absolute Gasteiger partial charge is 0.338 e. The highest BCUT2D eigenvalue weighted by atomic mass is 32.2. The van der Waals surface area contributed by atoms with Crippen LogP contribution in [-0.4, -0.2) is 44.6 Å². The van der Waals surface area contributed by atoms with Gasteiger partial charge in [-0.15, -0.1) is 0 Å². The number of nitrogens with one attached hydrogen (secondary N) is 1. The highest BCUT2D eigenvalue weighted by Crippen LogP contribution is 2.44. The third-order valence-corrected chi connectivity index (χ3v) is 4.59. The summed E-state index contributed by atoms with van der Waals surface area (Å²) in [6.45, 7) is 1.46. The number of nitrogens with zero attached hydrogens (tertiary/aromatic N) is 1. The standard InChI is InChI=1S/C13H17N3O3S/c1-20(18,19)15-9-4-2-8(3-5-9)13(17)16-6-10-11(7-16)12(10)14/h2-5,10-12,15H,6-7,14H2,1H3. The molecular weight excluding hydrogens is 278 g/mol. The van der Waals surface area contributed by atoms with E-state index in [9.17, 15) is 13.2 Å². The number of carbonyl (C=O) groups is 1. The second-order valence-corrected chi connectivity index (χ2v) is 7.32. The number of hydrogen-bond acceptors (Lipinski definition) is 4. The number of amides is 1. The van der Waals surface area contributed by atoms with Gasteiger partial charge in [-0.2, -0.15) is 0 Å². The Bertz CT molecular complexity index is 629. The molecule has 3 rings (SSSR count). The van der Waals surface area contributed by atoms with E-state index in [1.165, 1.54) is 0 Å². The van der Waals surface area contributed by atoms with Crippen LogP contribution >= 0.6 is 0 Å². The molecule has 0 radical (unpaired) electrons. The Labute approximate surface area is 118 Å². The molecule has 7 heteroatoms. The molecule has 2 fully saturated rings. The molecule has 6 nitrogen and oxygen atoms in total. The number of rotatable bonds is 3. The van der Waals surface area contributed by atoms with Crippen LogP contribution in [0.3, 0.4) is 0 Å². The van der Waals surface area contributed by atoms with Crippen molar-refractivity contribution in [3.05, 3.63) is 29.8 Å². The lowest BCUT2D eigenvalue weighted by molar-refractivity contribution is 0.0773. The SMILES string of the molecule is CS(=O)(=O)Nc1ccc(C(=O)N2CC3C(N)C3C2)cc1. The monoisotopic (exact) mass is 295 g/mol. The minimum absolute atomic E-state index is 0.0182. The van der Waals surface area contributed by atoms with Crippen LogP contribution in [-0.2, 0) is 10.0 Å². The number of fused-ring (bicyclic) bond motifs is 1. The van der Waals surface area contributed by atoms with E-state index in [0.717, 1.165) is 19.3 Å². The highest BCUT2D eigenvalue weighted by Gasteiger charge is 2.54. The summed E-state index contributed by atoms with van der Waals surface area (Å²) in [6.07, 6.45) is 1.09. The van der Waals surface area contributed by atoms with Gasteiger partial charge < -0.3 is 10.6 Å². The van der Waals surface area contributed by atoms with Gasteiger partial charge in [0, 0.05) is 30.4 Å². The Morgan fingerprint density at radius 2 is 1.80 bits per heavy atom. The summed E-state index contributed by atoms with van der Waals surface area (Å²) in [5, 5.41) is 0. The van der Waals surface area contributed by atoms with Crippen LogP contribution in [0.5, 0.6) is 0 Å². The molecule has 2 unspecified atom stereocenters. The van der Waals surface area contributed by atoms with E-state index in [-0.39, 0.29) is 11.9 Å². The highest BCUT2D eigenvalue weighted by molar-refractivity contribution is 7.92. The number of carbonyl (C=O) groups excluding carboxylic acids is 1. The van der Waals surface area contributed by atoms with Crippen LogP contribution in [0, 0.1) is 11.8 Å². The van der Waals surface area contributed by atoms with Gasteiger partial charge in [0.2, 0.25) is 10.0 Å². The molecular formula is C13H17N3O3S. The summed E-state index contributed by atoms with van der Waals surface area (Å²) < 4.78 is 24.6. The maximum Gasteiger partial charge on any atom is 0.253 e. The Balaban J connectivity index is 1.67. The van der Waals surface area contributed by atoms with E-state index in [1.807, 2.05) is 4.90 Å². The second-order valence-electron chi connectivity index (χ2n) is 5.57. The zero-order chi connectivity index (χ0) is 14.5. The third-order valence-electron chi connectivity index (χ3n) is 3.98. The molecule has 2 atom stereocenters. The molecule has 1 aliphatic carbocycles. The van der Waals surface area contributed by atoms with Gasteiger partial charge in [0.15, 0.2) is 0 Å². The van der Waals surface area contributed by atoms with Gasteiger partial charge in [0.1, 0.15) is 0 Å². The molecule has 1 saturated heterocycles. The first-order valence-corrected chi connectivity index (χ1v) is 8.37. The zero-order valence-corrected chi connectivity index (χ0v) is 11.9. The predicted molar refractivity (Wildman–Crippen MR) is 75.8 cm³/mol. The van der Waals surface area contributed by atoms with Crippen LogP contribution in [0.1, 0.15) is 10.4 Å². The number of likely N-dealkylation sites (tertiary alicyclic amines) is 1. The van der Waals surface area contributed by atoms with Crippen molar-refractivity contribution in [2.75, 3.05) is 24.1 Å². The van der Waals surface area contributed by atoms with Crippen molar-refractivity contribution in [2.45, 2.75) is 6.04 Å². The maximum atomic E-state index is 12.3. The number of anilines is 1. The Morgan fingerprint density at radius 3 is 2.30 bits per heavy atom. The van der Waals surface area contributed by atoms with Gasteiger partial charge in [0.05, 0.1) is 6.26 Å². The van der Waals surface area contributed by atoms with E-state index in [2.05, 4.69) is 4.72 Å². The number of nitrogens with two attached hydrogens (primary N) is 1. The minimum Gasteiger partial charge on any atom is -0.338 e. The van der Waals surface area contributed by atoms with Crippen molar-refractivity contribution in [1.29, 1.82) is 0 Å². The molecule has 2 aliphatic rings. The molecule has 1 aromatic rings. The number of benzene rings is 1. The summed E-state index contributed by atoms with van der Waals surface area (Å²) in [5.41, 5.74) is 6.87. The van der Waals surface area contributed by atoms with Crippen molar-refractivity contribution < 1.29 is 13.2 Å². The van der Waals surface area contributed by atoms with Crippen molar-refractivity contribution in [2.24, 2.45) is 17.6 Å². The first-order valence-electron chi connectivity index (χ1n) is 6.48. The normalized spacial score (nSPS) is 28.1. The summed E-state index contributed by atoms with van der Waals surface area (Å²) in [7, 11) is -3.29. The molecule has 0 aromatic heterocycles.